The number of carbonyl (C=O) groups excluding carboxylic acids is 2. The molecule has 3 N–H and O–H groups in total. The maximum absolute atomic E-state index is 13.9. The van der Waals surface area contributed by atoms with Crippen molar-refractivity contribution in [2.24, 2.45) is 0 Å². The predicted molar refractivity (Wildman–Crippen MR) is 159 cm³/mol. The van der Waals surface area contributed by atoms with Gasteiger partial charge in [-0.25, -0.2) is 4.79 Å². The summed E-state index contributed by atoms with van der Waals surface area (Å²) in [6, 6.07) is 26.4. The molecule has 1 aliphatic rings. The van der Waals surface area contributed by atoms with Crippen LogP contribution in [0.4, 0.5) is 10.5 Å². The number of benzene rings is 3. The molecule has 3 unspecified atom stereocenters. The number of methoxy groups -OCH3 is 1. The van der Waals surface area contributed by atoms with E-state index in [1.807, 2.05) is 91.1 Å². The Hall–Kier alpha value is -4.54. The molecule has 3 atom stereocenters. The zero-order chi connectivity index (χ0) is 29.1. The van der Waals surface area contributed by atoms with Crippen LogP contribution in [-0.2, 0) is 27.2 Å². The van der Waals surface area contributed by atoms with Crippen molar-refractivity contribution in [3.63, 3.8) is 0 Å². The number of ether oxygens (including phenoxy) is 2. The van der Waals surface area contributed by atoms with E-state index in [-0.39, 0.29) is 18.1 Å². The number of carbonyl (C=O) groups is 2. The van der Waals surface area contributed by atoms with E-state index in [9.17, 15) is 9.59 Å². The molecule has 5 rings (SSSR count). The van der Waals surface area contributed by atoms with E-state index < -0.39 is 18.1 Å². The third kappa shape index (κ3) is 7.59. The van der Waals surface area contributed by atoms with Crippen LogP contribution in [-0.4, -0.2) is 65.4 Å². The number of aryl methyl sites for hydroxylation is 1. The van der Waals surface area contributed by atoms with Gasteiger partial charge in [0.15, 0.2) is 0 Å². The molecule has 1 fully saturated rings. The zero-order valence-electron chi connectivity index (χ0n) is 23.6. The summed E-state index contributed by atoms with van der Waals surface area (Å²) >= 11 is 0. The van der Waals surface area contributed by atoms with Crippen LogP contribution in [0.1, 0.15) is 29.0 Å². The highest BCUT2D eigenvalue weighted by molar-refractivity contribution is 5.98. The molecule has 10 heteroatoms. The maximum atomic E-state index is 13.9. The molecular weight excluding hydrogens is 532 g/mol. The molecule has 0 bridgehead atoms. The van der Waals surface area contributed by atoms with Gasteiger partial charge >= 0.3 is 6.09 Å². The Kier molecular flexibility index (Phi) is 9.92. The zero-order valence-corrected chi connectivity index (χ0v) is 23.6. The monoisotopic (exact) mass is 568 g/mol. The number of para-hydroxylation sites is 1. The van der Waals surface area contributed by atoms with Crippen LogP contribution < -0.4 is 16.0 Å². The van der Waals surface area contributed by atoms with Gasteiger partial charge < -0.3 is 25.4 Å². The van der Waals surface area contributed by atoms with Crippen molar-refractivity contribution in [3.8, 4) is 0 Å². The molecule has 1 aromatic heterocycles. The van der Waals surface area contributed by atoms with Crippen molar-refractivity contribution >= 4 is 17.7 Å². The second-order valence-electron chi connectivity index (χ2n) is 10.3. The van der Waals surface area contributed by atoms with Gasteiger partial charge in [0.05, 0.1) is 38.6 Å². The van der Waals surface area contributed by atoms with E-state index in [0.717, 1.165) is 29.7 Å². The second kappa shape index (κ2) is 14.4. The first-order valence-corrected chi connectivity index (χ1v) is 14.1. The Morgan fingerprint density at radius 3 is 2.33 bits per heavy atom. The number of hydrogen-bond acceptors (Lipinski definition) is 7. The van der Waals surface area contributed by atoms with Gasteiger partial charge in [-0.2, -0.15) is 0 Å². The molecule has 0 radical (unpaired) electrons. The predicted octanol–water partition coefficient (Wildman–Crippen LogP) is 3.76. The van der Waals surface area contributed by atoms with E-state index in [0.29, 0.717) is 25.3 Å². The standard InChI is InChI=1S/C32H36N6O4/c1-41-32(40)36-30(29(24-11-4-2-5-12-24)25-13-6-3-7-14-25)31(39)35-28-15-9-8-10-23(28)16-17-27-20-33-26(22-42-27)21-38-19-18-34-37-38/h2-15,18-19,26-27,29-30,33H,16-17,20-22H2,1H3,(H,35,39)(H,36,40). The first-order chi connectivity index (χ1) is 20.6. The number of alkyl carbamates (subject to hydrolysis) is 1. The van der Waals surface area contributed by atoms with Gasteiger partial charge in [-0.3, -0.25) is 9.48 Å². The second-order valence-corrected chi connectivity index (χ2v) is 10.3. The number of nitrogens with zero attached hydrogens (tertiary/aromatic N) is 3. The fourth-order valence-electron chi connectivity index (χ4n) is 5.30. The van der Waals surface area contributed by atoms with Crippen LogP contribution in [0.25, 0.3) is 0 Å². The fraction of sp³-hybridized carbons (Fsp3) is 0.312. The molecule has 3 aromatic carbocycles. The van der Waals surface area contributed by atoms with E-state index in [4.69, 9.17) is 9.47 Å². The van der Waals surface area contributed by atoms with Gasteiger partial charge in [0.1, 0.15) is 6.04 Å². The SMILES string of the molecule is COC(=O)NC(C(=O)Nc1ccccc1CCC1CNC(Cn2ccnn2)CO1)C(c1ccccc1)c1ccccc1. The van der Waals surface area contributed by atoms with Crippen molar-refractivity contribution in [3.05, 3.63) is 114 Å². The first-order valence-electron chi connectivity index (χ1n) is 14.1. The molecule has 1 saturated heterocycles. The average molecular weight is 569 g/mol. The smallest absolute Gasteiger partial charge is 0.407 e. The van der Waals surface area contributed by atoms with E-state index in [1.165, 1.54) is 7.11 Å². The lowest BCUT2D eigenvalue weighted by Crippen LogP contribution is -2.48. The molecule has 1 aliphatic heterocycles. The summed E-state index contributed by atoms with van der Waals surface area (Å²) in [6.45, 7) is 2.02. The molecule has 0 saturated carbocycles. The van der Waals surface area contributed by atoms with Crippen molar-refractivity contribution in [2.75, 3.05) is 25.6 Å². The normalized spacial score (nSPS) is 17.4. The largest absolute Gasteiger partial charge is 0.453 e. The Morgan fingerprint density at radius 1 is 1.02 bits per heavy atom. The minimum Gasteiger partial charge on any atom is -0.453 e. The van der Waals surface area contributed by atoms with E-state index in [1.54, 1.807) is 10.9 Å². The summed E-state index contributed by atoms with van der Waals surface area (Å²) in [6.07, 6.45) is 4.38. The van der Waals surface area contributed by atoms with Gasteiger partial charge in [0, 0.05) is 24.3 Å². The number of hydrogen-bond donors (Lipinski definition) is 3. The highest BCUT2D eigenvalue weighted by atomic mass is 16.5. The molecule has 4 aromatic rings. The molecule has 0 aliphatic carbocycles. The van der Waals surface area contributed by atoms with E-state index >= 15 is 0 Å². The van der Waals surface area contributed by atoms with Gasteiger partial charge in [-0.05, 0) is 35.6 Å². The third-order valence-electron chi connectivity index (χ3n) is 7.45. The number of rotatable bonds is 11. The Morgan fingerprint density at radius 2 is 1.71 bits per heavy atom. The van der Waals surface area contributed by atoms with E-state index in [2.05, 4.69) is 26.3 Å². The number of amides is 2. The van der Waals surface area contributed by atoms with Crippen LogP contribution in [0, 0.1) is 0 Å². The molecule has 10 nitrogen and oxygen atoms in total. The first kappa shape index (κ1) is 29.0. The van der Waals surface area contributed by atoms with Crippen LogP contribution >= 0.6 is 0 Å². The maximum Gasteiger partial charge on any atom is 0.407 e. The van der Waals surface area contributed by atoms with Crippen LogP contribution in [0.2, 0.25) is 0 Å². The summed E-state index contributed by atoms with van der Waals surface area (Å²) in [5.74, 6) is -0.775. The molecule has 42 heavy (non-hydrogen) atoms. The number of nitrogens with one attached hydrogen (secondary N) is 3. The van der Waals surface area contributed by atoms with Crippen LogP contribution in [0.3, 0.4) is 0 Å². The van der Waals surface area contributed by atoms with Crippen molar-refractivity contribution in [1.82, 2.24) is 25.6 Å². The fourth-order valence-corrected chi connectivity index (χ4v) is 5.30. The van der Waals surface area contributed by atoms with Crippen molar-refractivity contribution in [2.45, 2.75) is 43.5 Å². The minimum absolute atomic E-state index is 0.0510. The lowest BCUT2D eigenvalue weighted by molar-refractivity contribution is -0.118. The molecule has 2 amide bonds. The lowest BCUT2D eigenvalue weighted by atomic mass is 9.84. The third-order valence-corrected chi connectivity index (χ3v) is 7.45. The molecular formula is C32H36N6O4. The lowest BCUT2D eigenvalue weighted by Gasteiger charge is -2.30. The number of morpholine rings is 1. The summed E-state index contributed by atoms with van der Waals surface area (Å²) in [5, 5.41) is 17.3. The topological polar surface area (TPSA) is 119 Å². The van der Waals surface area contributed by atoms with Crippen LogP contribution in [0.5, 0.6) is 0 Å². The average Bonchev–Trinajstić information content (AvgIpc) is 3.55. The highest BCUT2D eigenvalue weighted by Gasteiger charge is 2.33. The minimum atomic E-state index is -0.928. The van der Waals surface area contributed by atoms with Gasteiger partial charge in [0.2, 0.25) is 5.91 Å². The Balaban J connectivity index is 1.28. The molecule has 2 heterocycles. The number of aromatic nitrogens is 3. The highest BCUT2D eigenvalue weighted by Crippen LogP contribution is 2.30. The summed E-state index contributed by atoms with van der Waals surface area (Å²) in [7, 11) is 1.29. The quantitative estimate of drug-likeness (QED) is 0.252. The van der Waals surface area contributed by atoms with Gasteiger partial charge in [-0.15, -0.1) is 5.10 Å². The summed E-state index contributed by atoms with van der Waals surface area (Å²) in [4.78, 5) is 26.4. The number of anilines is 1. The molecule has 218 valence electrons. The summed E-state index contributed by atoms with van der Waals surface area (Å²) < 4.78 is 12.8. The van der Waals surface area contributed by atoms with Crippen LogP contribution in [0.15, 0.2) is 97.3 Å². The molecule has 0 spiro atoms. The van der Waals surface area contributed by atoms with Crippen molar-refractivity contribution < 1.29 is 19.1 Å². The van der Waals surface area contributed by atoms with Gasteiger partial charge in [0.25, 0.3) is 0 Å². The summed E-state index contributed by atoms with van der Waals surface area (Å²) in [5.41, 5.74) is 3.49. The Bertz CT molecular complexity index is 1370. The van der Waals surface area contributed by atoms with Gasteiger partial charge in [-0.1, -0.05) is 84.1 Å². The van der Waals surface area contributed by atoms with Crippen molar-refractivity contribution in [1.29, 1.82) is 0 Å². The Labute approximate surface area is 245 Å².